The molecule has 136 valence electrons. The molecule has 2 aromatic carbocycles. The third-order valence-electron chi connectivity index (χ3n) is 4.76. The second kappa shape index (κ2) is 8.04. The van der Waals surface area contributed by atoms with E-state index in [1.54, 1.807) is 7.11 Å². The lowest BCUT2D eigenvalue weighted by Gasteiger charge is -2.22. The van der Waals surface area contributed by atoms with Crippen molar-refractivity contribution in [3.8, 4) is 5.75 Å². The van der Waals surface area contributed by atoms with Crippen LogP contribution in [-0.4, -0.2) is 23.0 Å². The first-order valence-corrected chi connectivity index (χ1v) is 8.97. The molecule has 0 saturated heterocycles. The van der Waals surface area contributed by atoms with Gasteiger partial charge in [0.15, 0.2) is 0 Å². The summed E-state index contributed by atoms with van der Waals surface area (Å²) in [7, 11) is 1.63. The number of fused-ring (bicyclic) bond motifs is 1. The maximum absolute atomic E-state index is 12.6. The number of hydrogen-bond acceptors (Lipinski definition) is 3. The van der Waals surface area contributed by atoms with Crippen LogP contribution in [0.4, 0.5) is 0 Å². The van der Waals surface area contributed by atoms with Crippen LogP contribution in [0, 0.1) is 5.92 Å². The number of carbonyl (C=O) groups excluding carboxylic acids is 1. The molecular weight excluding hydrogens is 326 g/mol. The lowest BCUT2D eigenvalue weighted by molar-refractivity contribution is -0.121. The van der Waals surface area contributed by atoms with Crippen LogP contribution in [0.25, 0.3) is 11.0 Å². The molecule has 2 atom stereocenters. The van der Waals surface area contributed by atoms with Crippen molar-refractivity contribution in [3.63, 3.8) is 0 Å². The van der Waals surface area contributed by atoms with Gasteiger partial charge in [-0.15, -0.1) is 0 Å². The topological polar surface area (TPSA) is 67.0 Å². The normalized spacial score (nSPS) is 13.3. The maximum Gasteiger partial charge on any atom is 0.225 e. The number of aromatic nitrogens is 2. The molecule has 5 nitrogen and oxygen atoms in total. The van der Waals surface area contributed by atoms with Crippen molar-refractivity contribution in [2.24, 2.45) is 5.92 Å². The molecule has 0 bridgehead atoms. The third kappa shape index (κ3) is 4.04. The van der Waals surface area contributed by atoms with Crippen LogP contribution < -0.4 is 10.1 Å². The Hall–Kier alpha value is -2.82. The number of para-hydroxylation sites is 2. The van der Waals surface area contributed by atoms with Gasteiger partial charge in [0.1, 0.15) is 11.6 Å². The molecule has 0 fully saturated rings. The number of ether oxygens (including phenoxy) is 1. The first kappa shape index (κ1) is 18.0. The van der Waals surface area contributed by atoms with Crippen molar-refractivity contribution >= 4 is 16.9 Å². The summed E-state index contributed by atoms with van der Waals surface area (Å²) in [6, 6.07) is 15.3. The molecule has 3 rings (SSSR count). The molecule has 0 unspecified atom stereocenters. The fraction of sp³-hybridized carbons (Fsp3) is 0.333. The van der Waals surface area contributed by atoms with E-state index in [9.17, 15) is 4.79 Å². The quantitative estimate of drug-likeness (QED) is 0.676. The molecule has 1 aromatic heterocycles. The molecule has 1 heterocycles. The van der Waals surface area contributed by atoms with Gasteiger partial charge in [0.05, 0.1) is 30.6 Å². The highest BCUT2D eigenvalue weighted by Crippen LogP contribution is 2.24. The van der Waals surface area contributed by atoms with Gasteiger partial charge in [-0.05, 0) is 35.7 Å². The molecule has 26 heavy (non-hydrogen) atoms. The molecule has 0 aliphatic rings. The second-order valence-corrected chi connectivity index (χ2v) is 6.59. The Balaban J connectivity index is 1.76. The Morgan fingerprint density at radius 3 is 2.58 bits per heavy atom. The number of imidazole rings is 1. The highest BCUT2D eigenvalue weighted by atomic mass is 16.5. The number of methoxy groups -OCH3 is 1. The predicted molar refractivity (Wildman–Crippen MR) is 103 cm³/mol. The summed E-state index contributed by atoms with van der Waals surface area (Å²) in [6.07, 6.45) is 1.28. The Kier molecular flexibility index (Phi) is 5.56. The number of carbonyl (C=O) groups is 1. The standard InChI is InChI=1S/C21H25N3O2/c1-4-14(2)20(21-22-17-7-5-6-8-18(17)23-21)24-19(25)13-15-9-11-16(26-3)12-10-15/h5-12,14,20H,4,13H2,1-3H3,(H,22,23)(H,24,25)/t14-,20+/m1/s1. The zero-order chi connectivity index (χ0) is 18.5. The SMILES string of the molecule is CC[C@@H](C)[C@H](NC(=O)Cc1ccc(OC)cc1)c1nc2ccccc2[nH]1. The molecular formula is C21H25N3O2. The van der Waals surface area contributed by atoms with Gasteiger partial charge in [0.25, 0.3) is 0 Å². The largest absolute Gasteiger partial charge is 0.497 e. The number of nitrogens with one attached hydrogen (secondary N) is 2. The zero-order valence-corrected chi connectivity index (χ0v) is 15.5. The molecule has 0 radical (unpaired) electrons. The van der Waals surface area contributed by atoms with E-state index in [0.29, 0.717) is 6.42 Å². The predicted octanol–water partition coefficient (Wildman–Crippen LogP) is 4.02. The average Bonchev–Trinajstić information content (AvgIpc) is 3.10. The number of benzene rings is 2. The zero-order valence-electron chi connectivity index (χ0n) is 15.5. The summed E-state index contributed by atoms with van der Waals surface area (Å²) in [6.45, 7) is 4.25. The van der Waals surface area contributed by atoms with E-state index in [1.165, 1.54) is 0 Å². The van der Waals surface area contributed by atoms with Gasteiger partial charge < -0.3 is 15.0 Å². The molecule has 0 aliphatic heterocycles. The number of aromatic amines is 1. The van der Waals surface area contributed by atoms with Gasteiger partial charge >= 0.3 is 0 Å². The Labute approximate surface area is 153 Å². The van der Waals surface area contributed by atoms with E-state index in [2.05, 4.69) is 29.1 Å². The van der Waals surface area contributed by atoms with Gasteiger partial charge in [0, 0.05) is 0 Å². The average molecular weight is 351 g/mol. The molecule has 3 aromatic rings. The first-order chi connectivity index (χ1) is 12.6. The van der Waals surface area contributed by atoms with Gasteiger partial charge in [-0.2, -0.15) is 0 Å². The van der Waals surface area contributed by atoms with Gasteiger partial charge in [-0.25, -0.2) is 4.98 Å². The number of amides is 1. The van der Waals surface area contributed by atoms with Crippen LogP contribution in [0.2, 0.25) is 0 Å². The smallest absolute Gasteiger partial charge is 0.225 e. The first-order valence-electron chi connectivity index (χ1n) is 8.97. The molecule has 0 spiro atoms. The minimum Gasteiger partial charge on any atom is -0.497 e. The van der Waals surface area contributed by atoms with E-state index in [4.69, 9.17) is 4.74 Å². The summed E-state index contributed by atoms with van der Waals surface area (Å²) >= 11 is 0. The fourth-order valence-corrected chi connectivity index (χ4v) is 2.99. The minimum absolute atomic E-state index is 0.0130. The van der Waals surface area contributed by atoms with E-state index in [-0.39, 0.29) is 17.9 Å². The Morgan fingerprint density at radius 2 is 1.92 bits per heavy atom. The van der Waals surface area contributed by atoms with Crippen LogP contribution >= 0.6 is 0 Å². The summed E-state index contributed by atoms with van der Waals surface area (Å²) in [5, 5.41) is 3.16. The molecule has 2 N–H and O–H groups in total. The van der Waals surface area contributed by atoms with E-state index >= 15 is 0 Å². The van der Waals surface area contributed by atoms with Crippen molar-refractivity contribution in [2.45, 2.75) is 32.7 Å². The fourth-order valence-electron chi connectivity index (χ4n) is 2.99. The van der Waals surface area contributed by atoms with E-state index in [1.807, 2.05) is 48.5 Å². The third-order valence-corrected chi connectivity index (χ3v) is 4.76. The number of H-pyrrole nitrogens is 1. The van der Waals surface area contributed by atoms with Crippen molar-refractivity contribution in [1.29, 1.82) is 0 Å². The van der Waals surface area contributed by atoms with Crippen LogP contribution in [0.3, 0.4) is 0 Å². The Bertz CT molecular complexity index is 837. The summed E-state index contributed by atoms with van der Waals surface area (Å²) in [5.74, 6) is 1.86. The molecule has 0 aliphatic carbocycles. The van der Waals surface area contributed by atoms with Crippen molar-refractivity contribution in [3.05, 3.63) is 59.9 Å². The molecule has 1 amide bonds. The van der Waals surface area contributed by atoms with Crippen LogP contribution in [-0.2, 0) is 11.2 Å². The Morgan fingerprint density at radius 1 is 1.19 bits per heavy atom. The van der Waals surface area contributed by atoms with Crippen molar-refractivity contribution < 1.29 is 9.53 Å². The van der Waals surface area contributed by atoms with Crippen molar-refractivity contribution in [2.75, 3.05) is 7.11 Å². The highest BCUT2D eigenvalue weighted by molar-refractivity contribution is 5.79. The lowest BCUT2D eigenvalue weighted by Crippen LogP contribution is -2.34. The summed E-state index contributed by atoms with van der Waals surface area (Å²) in [5.41, 5.74) is 2.86. The summed E-state index contributed by atoms with van der Waals surface area (Å²) in [4.78, 5) is 20.6. The highest BCUT2D eigenvalue weighted by Gasteiger charge is 2.23. The minimum atomic E-state index is -0.141. The number of rotatable bonds is 7. The summed E-state index contributed by atoms with van der Waals surface area (Å²) < 4.78 is 5.16. The van der Waals surface area contributed by atoms with Gasteiger partial charge in [0.2, 0.25) is 5.91 Å². The van der Waals surface area contributed by atoms with E-state index in [0.717, 1.165) is 34.6 Å². The second-order valence-electron chi connectivity index (χ2n) is 6.59. The lowest BCUT2D eigenvalue weighted by atomic mass is 9.98. The monoisotopic (exact) mass is 351 g/mol. The van der Waals surface area contributed by atoms with Gasteiger partial charge in [-0.3, -0.25) is 4.79 Å². The molecule has 5 heteroatoms. The molecule has 0 saturated carbocycles. The van der Waals surface area contributed by atoms with Crippen molar-refractivity contribution in [1.82, 2.24) is 15.3 Å². The number of nitrogens with zero attached hydrogens (tertiary/aromatic N) is 1. The van der Waals surface area contributed by atoms with Crippen LogP contribution in [0.1, 0.15) is 37.7 Å². The van der Waals surface area contributed by atoms with Gasteiger partial charge in [-0.1, -0.05) is 44.5 Å². The number of hydrogen-bond donors (Lipinski definition) is 2. The van der Waals surface area contributed by atoms with E-state index < -0.39 is 0 Å². The van der Waals surface area contributed by atoms with Crippen LogP contribution in [0.5, 0.6) is 5.75 Å². The maximum atomic E-state index is 12.6. The van der Waals surface area contributed by atoms with Crippen LogP contribution in [0.15, 0.2) is 48.5 Å².